The van der Waals surface area contributed by atoms with Crippen molar-refractivity contribution in [2.24, 2.45) is 0 Å². The first kappa shape index (κ1) is 19.1. The Morgan fingerprint density at radius 2 is 1.92 bits per heavy atom. The van der Waals surface area contributed by atoms with E-state index in [1.165, 1.54) is 0 Å². The standard InChI is InChI=1S/C20H18BrClN2OS/c1-12(2)23-18(25)11-17-19(14-4-3-5-16(22)10-14)26-20(24-17)13-6-8-15(21)9-7-13/h3-10,12H,11H2,1-2H3,(H,23,25). The third kappa shape index (κ3) is 4.72. The molecule has 0 aliphatic carbocycles. The summed E-state index contributed by atoms with van der Waals surface area (Å²) < 4.78 is 1.02. The fourth-order valence-electron chi connectivity index (χ4n) is 2.57. The van der Waals surface area contributed by atoms with E-state index in [2.05, 4.69) is 21.2 Å². The molecule has 6 heteroatoms. The van der Waals surface area contributed by atoms with Crippen molar-refractivity contribution >= 4 is 44.8 Å². The maximum atomic E-state index is 12.3. The smallest absolute Gasteiger partial charge is 0.226 e. The highest BCUT2D eigenvalue weighted by atomic mass is 79.9. The lowest BCUT2D eigenvalue weighted by Crippen LogP contribution is -2.31. The van der Waals surface area contributed by atoms with Crippen molar-refractivity contribution in [3.8, 4) is 21.0 Å². The number of benzene rings is 2. The van der Waals surface area contributed by atoms with Crippen LogP contribution in [0, 0.1) is 0 Å². The van der Waals surface area contributed by atoms with E-state index in [4.69, 9.17) is 16.6 Å². The van der Waals surface area contributed by atoms with Gasteiger partial charge in [0.2, 0.25) is 5.91 Å². The van der Waals surface area contributed by atoms with Crippen LogP contribution in [0.25, 0.3) is 21.0 Å². The largest absolute Gasteiger partial charge is 0.354 e. The molecule has 2 aromatic carbocycles. The molecule has 0 bridgehead atoms. The summed E-state index contributed by atoms with van der Waals surface area (Å²) in [6.45, 7) is 3.90. The summed E-state index contributed by atoms with van der Waals surface area (Å²) in [4.78, 5) is 18.0. The van der Waals surface area contributed by atoms with Gasteiger partial charge in [-0.05, 0) is 43.7 Å². The molecule has 1 N–H and O–H groups in total. The number of carbonyl (C=O) groups is 1. The monoisotopic (exact) mass is 448 g/mol. The van der Waals surface area contributed by atoms with Crippen molar-refractivity contribution in [1.29, 1.82) is 0 Å². The molecule has 1 aromatic heterocycles. The molecule has 0 fully saturated rings. The molecule has 0 saturated carbocycles. The Labute approximate surface area is 170 Å². The molecule has 1 amide bonds. The zero-order chi connectivity index (χ0) is 18.7. The van der Waals surface area contributed by atoms with Gasteiger partial charge in [-0.2, -0.15) is 0 Å². The molecule has 0 aliphatic heterocycles. The van der Waals surface area contributed by atoms with Crippen LogP contribution in [0.15, 0.2) is 53.0 Å². The number of thiazole rings is 1. The van der Waals surface area contributed by atoms with Crippen molar-refractivity contribution < 1.29 is 4.79 Å². The van der Waals surface area contributed by atoms with Crippen LogP contribution in [0.1, 0.15) is 19.5 Å². The highest BCUT2D eigenvalue weighted by molar-refractivity contribution is 9.10. The fourth-order valence-corrected chi connectivity index (χ4v) is 4.11. The minimum Gasteiger partial charge on any atom is -0.354 e. The second kappa shape index (κ2) is 8.33. The first-order valence-corrected chi connectivity index (χ1v) is 10.2. The van der Waals surface area contributed by atoms with Gasteiger partial charge >= 0.3 is 0 Å². The van der Waals surface area contributed by atoms with Gasteiger partial charge in [-0.1, -0.05) is 51.8 Å². The fraction of sp³-hybridized carbons (Fsp3) is 0.200. The molecule has 0 spiro atoms. The average molecular weight is 450 g/mol. The summed E-state index contributed by atoms with van der Waals surface area (Å²) in [7, 11) is 0. The van der Waals surface area contributed by atoms with Crippen LogP contribution in [0.5, 0.6) is 0 Å². The van der Waals surface area contributed by atoms with E-state index in [1.807, 2.05) is 62.4 Å². The van der Waals surface area contributed by atoms with E-state index >= 15 is 0 Å². The molecule has 0 atom stereocenters. The molecule has 134 valence electrons. The van der Waals surface area contributed by atoms with Crippen molar-refractivity contribution in [3.05, 3.63) is 63.7 Å². The number of halogens is 2. The van der Waals surface area contributed by atoms with E-state index in [0.717, 1.165) is 31.2 Å². The normalized spacial score (nSPS) is 11.0. The topological polar surface area (TPSA) is 42.0 Å². The Morgan fingerprint density at radius 1 is 1.19 bits per heavy atom. The van der Waals surface area contributed by atoms with Crippen molar-refractivity contribution in [1.82, 2.24) is 10.3 Å². The number of nitrogens with one attached hydrogen (secondary N) is 1. The van der Waals surface area contributed by atoms with Crippen LogP contribution in [0.3, 0.4) is 0 Å². The van der Waals surface area contributed by atoms with Gasteiger partial charge in [0.15, 0.2) is 0 Å². The predicted octanol–water partition coefficient (Wildman–Crippen LogP) is 5.96. The maximum Gasteiger partial charge on any atom is 0.226 e. The Kier molecular flexibility index (Phi) is 6.12. The van der Waals surface area contributed by atoms with Crippen LogP contribution >= 0.6 is 38.9 Å². The van der Waals surface area contributed by atoms with Crippen LogP contribution in [0.4, 0.5) is 0 Å². The third-order valence-electron chi connectivity index (χ3n) is 3.65. The van der Waals surface area contributed by atoms with Gasteiger partial charge < -0.3 is 5.32 Å². The summed E-state index contributed by atoms with van der Waals surface area (Å²) in [5, 5.41) is 4.49. The Morgan fingerprint density at radius 3 is 2.58 bits per heavy atom. The van der Waals surface area contributed by atoms with Gasteiger partial charge in [0, 0.05) is 21.1 Å². The van der Waals surface area contributed by atoms with Crippen LogP contribution in [0.2, 0.25) is 5.02 Å². The van der Waals surface area contributed by atoms with Crippen LogP contribution < -0.4 is 5.32 Å². The lowest BCUT2D eigenvalue weighted by atomic mass is 10.1. The molecule has 26 heavy (non-hydrogen) atoms. The molecule has 3 nitrogen and oxygen atoms in total. The zero-order valence-corrected chi connectivity index (χ0v) is 17.6. The van der Waals surface area contributed by atoms with Gasteiger partial charge in [0.05, 0.1) is 17.0 Å². The highest BCUT2D eigenvalue weighted by Crippen LogP contribution is 2.37. The lowest BCUT2D eigenvalue weighted by molar-refractivity contribution is -0.120. The summed E-state index contributed by atoms with van der Waals surface area (Å²) in [6, 6.07) is 15.8. The number of rotatable bonds is 5. The predicted molar refractivity (Wildman–Crippen MR) is 113 cm³/mol. The second-order valence-electron chi connectivity index (χ2n) is 6.21. The minimum atomic E-state index is -0.0315. The molecular weight excluding hydrogens is 432 g/mol. The summed E-state index contributed by atoms with van der Waals surface area (Å²) >= 11 is 11.2. The van der Waals surface area contributed by atoms with E-state index in [1.54, 1.807) is 11.3 Å². The van der Waals surface area contributed by atoms with Gasteiger partial charge in [0.1, 0.15) is 5.01 Å². The van der Waals surface area contributed by atoms with Gasteiger partial charge in [-0.25, -0.2) is 4.98 Å². The molecule has 0 radical (unpaired) electrons. The SMILES string of the molecule is CC(C)NC(=O)Cc1nc(-c2ccc(Br)cc2)sc1-c1cccc(Cl)c1. The van der Waals surface area contributed by atoms with Crippen molar-refractivity contribution in [3.63, 3.8) is 0 Å². The highest BCUT2D eigenvalue weighted by Gasteiger charge is 2.18. The van der Waals surface area contributed by atoms with Gasteiger partial charge in [-0.15, -0.1) is 11.3 Å². The Bertz CT molecular complexity index is 922. The molecule has 3 aromatic rings. The quantitative estimate of drug-likeness (QED) is 0.522. The van der Waals surface area contributed by atoms with Gasteiger partial charge in [0.25, 0.3) is 0 Å². The first-order chi connectivity index (χ1) is 12.4. The van der Waals surface area contributed by atoms with E-state index in [-0.39, 0.29) is 18.4 Å². The second-order valence-corrected chi connectivity index (χ2v) is 8.56. The number of aromatic nitrogens is 1. The zero-order valence-electron chi connectivity index (χ0n) is 14.4. The Hall–Kier alpha value is -1.69. The minimum absolute atomic E-state index is 0.0315. The summed E-state index contributed by atoms with van der Waals surface area (Å²) in [5.41, 5.74) is 2.77. The van der Waals surface area contributed by atoms with E-state index in [0.29, 0.717) is 5.02 Å². The number of hydrogen-bond donors (Lipinski definition) is 1. The maximum absolute atomic E-state index is 12.3. The van der Waals surface area contributed by atoms with Crippen molar-refractivity contribution in [2.75, 3.05) is 0 Å². The third-order valence-corrected chi connectivity index (χ3v) is 5.61. The molecule has 3 rings (SSSR count). The van der Waals surface area contributed by atoms with Crippen LogP contribution in [-0.4, -0.2) is 16.9 Å². The number of hydrogen-bond acceptors (Lipinski definition) is 3. The number of amides is 1. The first-order valence-electron chi connectivity index (χ1n) is 8.23. The summed E-state index contributed by atoms with van der Waals surface area (Å²) in [5.74, 6) is -0.0315. The summed E-state index contributed by atoms with van der Waals surface area (Å²) in [6.07, 6.45) is 0.243. The van der Waals surface area contributed by atoms with E-state index < -0.39 is 0 Å². The molecular formula is C20H18BrClN2OS. The average Bonchev–Trinajstić information content (AvgIpc) is 2.98. The number of nitrogens with zero attached hydrogens (tertiary/aromatic N) is 1. The number of carbonyl (C=O) groups excluding carboxylic acids is 1. The molecule has 0 aliphatic rings. The van der Waals surface area contributed by atoms with Gasteiger partial charge in [-0.3, -0.25) is 4.79 Å². The van der Waals surface area contributed by atoms with E-state index in [9.17, 15) is 4.79 Å². The van der Waals surface area contributed by atoms with Crippen LogP contribution in [-0.2, 0) is 11.2 Å². The van der Waals surface area contributed by atoms with Crippen molar-refractivity contribution in [2.45, 2.75) is 26.3 Å². The lowest BCUT2D eigenvalue weighted by Gasteiger charge is -2.08. The molecule has 0 saturated heterocycles. The molecule has 1 heterocycles. The Balaban J connectivity index is 2.02. The molecule has 0 unspecified atom stereocenters.